The molecule has 0 bridgehead atoms. The molecule has 0 aromatic heterocycles. The van der Waals surface area contributed by atoms with Crippen LogP contribution in [0.3, 0.4) is 0 Å². The van der Waals surface area contributed by atoms with E-state index in [9.17, 15) is 4.79 Å². The molecule has 3 nitrogen and oxygen atoms in total. The Balaban J connectivity index is 2.78. The molecule has 0 saturated carbocycles. The van der Waals surface area contributed by atoms with Gasteiger partial charge in [0.15, 0.2) is 0 Å². The minimum Gasteiger partial charge on any atom is -0.462 e. The summed E-state index contributed by atoms with van der Waals surface area (Å²) >= 11 is 2.17. The normalized spacial score (nSPS) is 9.64. The molecule has 0 unspecified atom stereocenters. The van der Waals surface area contributed by atoms with E-state index in [-0.39, 0.29) is 5.97 Å². The zero-order chi connectivity index (χ0) is 10.6. The number of nitrogens with zero attached hydrogens (tertiary/aromatic N) is 1. The summed E-state index contributed by atoms with van der Waals surface area (Å²) < 4.78 is 6.82. The van der Waals surface area contributed by atoms with Crippen LogP contribution in [0.5, 0.6) is 0 Å². The number of esters is 1. The maximum Gasteiger partial charge on any atom is 0.338 e. The van der Waals surface area contributed by atoms with Gasteiger partial charge in [-0.1, -0.05) is 0 Å². The van der Waals surface area contributed by atoms with Crippen LogP contribution in [0, 0.1) is 0 Å². The molecular formula is C10H12INO2. The molecule has 0 amide bonds. The van der Waals surface area contributed by atoms with Crippen molar-refractivity contribution in [2.75, 3.05) is 16.8 Å². The van der Waals surface area contributed by atoms with Crippen molar-refractivity contribution < 1.29 is 9.53 Å². The molecule has 1 aromatic carbocycles. The molecule has 14 heavy (non-hydrogen) atoms. The molecule has 0 spiro atoms. The fourth-order valence-electron chi connectivity index (χ4n) is 1.02. The Morgan fingerprint density at radius 3 is 2.43 bits per heavy atom. The van der Waals surface area contributed by atoms with E-state index in [0.717, 1.165) is 5.69 Å². The number of anilines is 1. The van der Waals surface area contributed by atoms with Crippen LogP contribution in [0.2, 0.25) is 0 Å². The molecule has 0 radical (unpaired) electrons. The summed E-state index contributed by atoms with van der Waals surface area (Å²) in [5.74, 6) is -0.268. The van der Waals surface area contributed by atoms with Crippen LogP contribution in [0.1, 0.15) is 17.3 Å². The Morgan fingerprint density at radius 2 is 2.00 bits per heavy atom. The van der Waals surface area contributed by atoms with Gasteiger partial charge in [-0.25, -0.2) is 4.79 Å². The molecule has 0 heterocycles. The van der Waals surface area contributed by atoms with Crippen molar-refractivity contribution in [2.24, 2.45) is 0 Å². The van der Waals surface area contributed by atoms with Crippen LogP contribution in [0.25, 0.3) is 0 Å². The van der Waals surface area contributed by atoms with Gasteiger partial charge in [0.2, 0.25) is 0 Å². The molecule has 0 aliphatic heterocycles. The van der Waals surface area contributed by atoms with Crippen molar-refractivity contribution in [3.8, 4) is 0 Å². The van der Waals surface area contributed by atoms with Gasteiger partial charge in [0.1, 0.15) is 0 Å². The third-order valence-corrected chi connectivity index (χ3v) is 2.29. The van der Waals surface area contributed by atoms with Crippen molar-refractivity contribution in [2.45, 2.75) is 6.92 Å². The molecule has 0 saturated heterocycles. The van der Waals surface area contributed by atoms with E-state index in [1.54, 1.807) is 19.1 Å². The van der Waals surface area contributed by atoms with Gasteiger partial charge in [-0.05, 0) is 31.2 Å². The Kier molecular flexibility index (Phi) is 4.19. The predicted octanol–water partition coefficient (Wildman–Crippen LogP) is 2.65. The minimum atomic E-state index is -0.268. The van der Waals surface area contributed by atoms with Crippen molar-refractivity contribution >= 4 is 34.5 Å². The van der Waals surface area contributed by atoms with Crippen molar-refractivity contribution in [1.29, 1.82) is 0 Å². The second-order valence-electron chi connectivity index (χ2n) is 2.74. The van der Waals surface area contributed by atoms with E-state index < -0.39 is 0 Å². The zero-order valence-corrected chi connectivity index (χ0v) is 10.3. The monoisotopic (exact) mass is 305 g/mol. The molecule has 4 heteroatoms. The first kappa shape index (κ1) is 11.3. The Labute approximate surface area is 97.5 Å². The third-order valence-electron chi connectivity index (χ3n) is 1.73. The van der Waals surface area contributed by atoms with Crippen LogP contribution in [-0.4, -0.2) is 19.6 Å². The molecule has 0 atom stereocenters. The van der Waals surface area contributed by atoms with Crippen LogP contribution in [0.4, 0.5) is 5.69 Å². The summed E-state index contributed by atoms with van der Waals surface area (Å²) in [5, 5.41) is 0. The van der Waals surface area contributed by atoms with Crippen molar-refractivity contribution in [1.82, 2.24) is 0 Å². The molecule has 0 N–H and O–H groups in total. The van der Waals surface area contributed by atoms with Gasteiger partial charge in [0.05, 0.1) is 35.0 Å². The largest absolute Gasteiger partial charge is 0.462 e. The first-order chi connectivity index (χ1) is 6.65. The molecule has 0 aliphatic rings. The average Bonchev–Trinajstić information content (AvgIpc) is 2.18. The second kappa shape index (κ2) is 5.19. The number of rotatable bonds is 3. The second-order valence-corrected chi connectivity index (χ2v) is 4.19. The van der Waals surface area contributed by atoms with E-state index in [1.807, 2.05) is 22.3 Å². The Bertz CT molecular complexity index is 308. The number of hydrogen-bond donors (Lipinski definition) is 0. The highest BCUT2D eigenvalue weighted by atomic mass is 127. The Hall–Kier alpha value is -0.780. The number of benzene rings is 1. The maximum atomic E-state index is 11.3. The van der Waals surface area contributed by atoms with Gasteiger partial charge in [0, 0.05) is 12.7 Å². The Morgan fingerprint density at radius 1 is 1.43 bits per heavy atom. The van der Waals surface area contributed by atoms with E-state index in [1.165, 1.54) is 0 Å². The van der Waals surface area contributed by atoms with Crippen LogP contribution >= 0.6 is 22.9 Å². The lowest BCUT2D eigenvalue weighted by Gasteiger charge is -2.09. The molecule has 1 aromatic rings. The molecular weight excluding hydrogens is 293 g/mol. The molecule has 0 aliphatic carbocycles. The molecule has 0 fully saturated rings. The first-order valence-electron chi connectivity index (χ1n) is 4.32. The van der Waals surface area contributed by atoms with E-state index in [4.69, 9.17) is 4.74 Å². The number of carbonyl (C=O) groups excluding carboxylic acids is 1. The SMILES string of the molecule is CCOC(=O)c1ccc(N(C)I)cc1. The topological polar surface area (TPSA) is 29.5 Å². The fraction of sp³-hybridized carbons (Fsp3) is 0.300. The lowest BCUT2D eigenvalue weighted by molar-refractivity contribution is 0.0526. The van der Waals surface area contributed by atoms with Crippen LogP contribution < -0.4 is 3.11 Å². The quantitative estimate of drug-likeness (QED) is 0.488. The van der Waals surface area contributed by atoms with Gasteiger partial charge < -0.3 is 7.85 Å². The smallest absolute Gasteiger partial charge is 0.338 e. The minimum absolute atomic E-state index is 0.268. The standard InChI is InChI=1S/C10H12INO2/c1-3-14-10(13)8-4-6-9(7-5-8)12(2)11/h4-7H,3H2,1-2H3. The number of carbonyl (C=O) groups is 1. The third kappa shape index (κ3) is 2.87. The summed E-state index contributed by atoms with van der Waals surface area (Å²) in [5.41, 5.74) is 1.65. The highest BCUT2D eigenvalue weighted by Gasteiger charge is 2.05. The fourth-order valence-corrected chi connectivity index (χ4v) is 1.34. The van der Waals surface area contributed by atoms with Crippen LogP contribution in [-0.2, 0) is 4.74 Å². The first-order valence-corrected chi connectivity index (χ1v) is 5.28. The van der Waals surface area contributed by atoms with E-state index in [0.29, 0.717) is 12.2 Å². The highest BCUT2D eigenvalue weighted by Crippen LogP contribution is 2.17. The zero-order valence-electron chi connectivity index (χ0n) is 8.16. The average molecular weight is 305 g/mol. The maximum absolute atomic E-state index is 11.3. The van der Waals surface area contributed by atoms with Gasteiger partial charge in [-0.3, -0.25) is 0 Å². The number of ether oxygens (including phenoxy) is 1. The summed E-state index contributed by atoms with van der Waals surface area (Å²) in [6.45, 7) is 2.21. The molecule has 1 rings (SSSR count). The lowest BCUT2D eigenvalue weighted by Crippen LogP contribution is -2.05. The van der Waals surface area contributed by atoms with E-state index >= 15 is 0 Å². The lowest BCUT2D eigenvalue weighted by atomic mass is 10.2. The van der Waals surface area contributed by atoms with E-state index in [2.05, 4.69) is 22.9 Å². The van der Waals surface area contributed by atoms with Gasteiger partial charge in [0.25, 0.3) is 0 Å². The molecule has 76 valence electrons. The van der Waals surface area contributed by atoms with Gasteiger partial charge >= 0.3 is 5.97 Å². The van der Waals surface area contributed by atoms with Gasteiger partial charge in [-0.15, -0.1) is 0 Å². The van der Waals surface area contributed by atoms with Crippen molar-refractivity contribution in [3.63, 3.8) is 0 Å². The van der Waals surface area contributed by atoms with Crippen LogP contribution in [0.15, 0.2) is 24.3 Å². The van der Waals surface area contributed by atoms with Crippen molar-refractivity contribution in [3.05, 3.63) is 29.8 Å². The number of halogens is 1. The predicted molar refractivity (Wildman–Crippen MR) is 64.8 cm³/mol. The summed E-state index contributed by atoms with van der Waals surface area (Å²) in [6, 6.07) is 7.31. The summed E-state index contributed by atoms with van der Waals surface area (Å²) in [6.07, 6.45) is 0. The summed E-state index contributed by atoms with van der Waals surface area (Å²) in [7, 11) is 1.94. The highest BCUT2D eigenvalue weighted by molar-refractivity contribution is 14.1. The van der Waals surface area contributed by atoms with Gasteiger partial charge in [-0.2, -0.15) is 0 Å². The number of hydrogen-bond acceptors (Lipinski definition) is 3. The summed E-state index contributed by atoms with van der Waals surface area (Å²) in [4.78, 5) is 11.3.